The molecule has 4 bridgehead atoms. The summed E-state index contributed by atoms with van der Waals surface area (Å²) in [6.07, 6.45) is 8.47. The molecule has 0 amide bonds. The minimum atomic E-state index is -0.0689. The number of aromatic nitrogens is 1. The molecular weight excluding hydrogens is 338 g/mol. The van der Waals surface area contributed by atoms with E-state index in [4.69, 9.17) is 9.15 Å². The number of nitrogens with zero attached hydrogens (tertiary/aromatic N) is 1. The van der Waals surface area contributed by atoms with Gasteiger partial charge in [0, 0.05) is 5.56 Å². The van der Waals surface area contributed by atoms with E-state index in [0.717, 1.165) is 29.1 Å². The van der Waals surface area contributed by atoms with Crippen molar-refractivity contribution in [2.45, 2.75) is 58.5 Å². The van der Waals surface area contributed by atoms with Crippen LogP contribution in [0.3, 0.4) is 0 Å². The van der Waals surface area contributed by atoms with Crippen LogP contribution in [0.4, 0.5) is 0 Å². The molecule has 0 saturated heterocycles. The van der Waals surface area contributed by atoms with Gasteiger partial charge in [-0.15, -0.1) is 0 Å². The second-order valence-corrected chi connectivity index (χ2v) is 9.14. The summed E-state index contributed by atoms with van der Waals surface area (Å²) in [5, 5.41) is 0. The molecule has 0 spiro atoms. The Labute approximate surface area is 160 Å². The second-order valence-electron chi connectivity index (χ2n) is 9.14. The molecule has 4 aliphatic carbocycles. The van der Waals surface area contributed by atoms with Crippen LogP contribution in [0.25, 0.3) is 11.5 Å². The largest absolute Gasteiger partial charge is 0.459 e. The Balaban J connectivity index is 1.22. The smallest absolute Gasteiger partial charge is 0.306 e. The van der Waals surface area contributed by atoms with E-state index in [1.165, 1.54) is 38.5 Å². The average molecular weight is 365 g/mol. The van der Waals surface area contributed by atoms with Crippen LogP contribution in [0.5, 0.6) is 0 Å². The van der Waals surface area contributed by atoms with Gasteiger partial charge in [-0.05, 0) is 80.8 Å². The molecule has 1 aromatic carbocycles. The van der Waals surface area contributed by atoms with E-state index in [9.17, 15) is 4.79 Å². The topological polar surface area (TPSA) is 52.3 Å². The van der Waals surface area contributed by atoms with E-state index in [0.29, 0.717) is 18.0 Å². The van der Waals surface area contributed by atoms with Gasteiger partial charge in [-0.2, -0.15) is 0 Å². The fourth-order valence-corrected chi connectivity index (χ4v) is 6.28. The SMILES string of the molecule is Cc1oc(-c2ccccc2)nc1COC(=O)CC12CC3CC(CC(C3)C1)C2. The van der Waals surface area contributed by atoms with Gasteiger partial charge in [-0.25, -0.2) is 4.98 Å². The number of carbonyl (C=O) groups excluding carboxylic acids is 1. The molecule has 0 aliphatic heterocycles. The number of benzene rings is 1. The van der Waals surface area contributed by atoms with E-state index < -0.39 is 0 Å². The first-order valence-corrected chi connectivity index (χ1v) is 10.3. The molecule has 4 heteroatoms. The average Bonchev–Trinajstić information content (AvgIpc) is 3.00. The number of esters is 1. The Kier molecular flexibility index (Phi) is 4.10. The number of ether oxygens (including phenoxy) is 1. The fourth-order valence-electron chi connectivity index (χ4n) is 6.28. The van der Waals surface area contributed by atoms with Crippen molar-refractivity contribution in [2.75, 3.05) is 0 Å². The normalized spacial score (nSPS) is 31.2. The number of aryl methyl sites for hydroxylation is 1. The number of hydrogen-bond acceptors (Lipinski definition) is 4. The first kappa shape index (κ1) is 17.0. The molecule has 27 heavy (non-hydrogen) atoms. The van der Waals surface area contributed by atoms with Gasteiger partial charge in [0.2, 0.25) is 5.89 Å². The van der Waals surface area contributed by atoms with Crippen molar-refractivity contribution in [1.29, 1.82) is 0 Å². The lowest BCUT2D eigenvalue weighted by Crippen LogP contribution is -2.47. The van der Waals surface area contributed by atoms with Gasteiger partial charge in [0.15, 0.2) is 0 Å². The summed E-state index contributed by atoms with van der Waals surface area (Å²) in [6.45, 7) is 2.08. The highest BCUT2D eigenvalue weighted by Crippen LogP contribution is 2.61. The van der Waals surface area contributed by atoms with E-state index >= 15 is 0 Å². The van der Waals surface area contributed by atoms with Crippen molar-refractivity contribution in [3.05, 3.63) is 41.8 Å². The zero-order valence-corrected chi connectivity index (χ0v) is 15.9. The minimum Gasteiger partial charge on any atom is -0.459 e. The first-order valence-electron chi connectivity index (χ1n) is 10.3. The maximum Gasteiger partial charge on any atom is 0.306 e. The molecule has 1 aromatic heterocycles. The monoisotopic (exact) mass is 365 g/mol. The van der Waals surface area contributed by atoms with Crippen LogP contribution >= 0.6 is 0 Å². The molecule has 142 valence electrons. The van der Waals surface area contributed by atoms with Crippen LogP contribution in [-0.4, -0.2) is 11.0 Å². The Morgan fingerprint density at radius 1 is 1.11 bits per heavy atom. The molecule has 0 atom stereocenters. The quantitative estimate of drug-likeness (QED) is 0.675. The third-order valence-corrected chi connectivity index (χ3v) is 6.97. The third-order valence-electron chi connectivity index (χ3n) is 6.97. The Morgan fingerprint density at radius 3 is 2.37 bits per heavy atom. The number of hydrogen-bond donors (Lipinski definition) is 0. The third kappa shape index (κ3) is 3.30. The van der Waals surface area contributed by atoms with Crippen molar-refractivity contribution < 1.29 is 13.9 Å². The summed E-state index contributed by atoms with van der Waals surface area (Å²) in [6, 6.07) is 9.81. The maximum atomic E-state index is 12.6. The molecule has 6 rings (SSSR count). The van der Waals surface area contributed by atoms with Crippen LogP contribution in [0.2, 0.25) is 0 Å². The zero-order chi connectivity index (χ0) is 18.4. The molecule has 0 radical (unpaired) electrons. The van der Waals surface area contributed by atoms with Crippen LogP contribution in [-0.2, 0) is 16.1 Å². The summed E-state index contributed by atoms with van der Waals surface area (Å²) in [5.74, 6) is 3.80. The van der Waals surface area contributed by atoms with Crippen molar-refractivity contribution >= 4 is 5.97 Å². The lowest BCUT2D eigenvalue weighted by molar-refractivity contribution is -0.153. The molecule has 0 N–H and O–H groups in total. The van der Waals surface area contributed by atoms with Crippen LogP contribution in [0.1, 0.15) is 56.4 Å². The number of rotatable bonds is 5. The predicted octanol–water partition coefficient (Wildman–Crippen LogP) is 5.30. The molecule has 4 aliphatic rings. The Morgan fingerprint density at radius 2 is 1.74 bits per heavy atom. The first-order chi connectivity index (χ1) is 13.1. The van der Waals surface area contributed by atoms with Crippen LogP contribution in [0, 0.1) is 30.1 Å². The number of carbonyl (C=O) groups is 1. The van der Waals surface area contributed by atoms with Gasteiger partial charge in [-0.1, -0.05) is 18.2 Å². The van der Waals surface area contributed by atoms with Gasteiger partial charge >= 0.3 is 5.97 Å². The Bertz CT molecular complexity index is 803. The standard InChI is InChI=1S/C23H27NO3/c1-15-20(24-22(27-15)19-5-3-2-4-6-19)14-26-21(25)13-23-10-16-7-17(11-23)9-18(8-16)12-23/h2-6,16-18H,7-14H2,1H3. The van der Waals surface area contributed by atoms with Crippen LogP contribution < -0.4 is 0 Å². The summed E-state index contributed by atoms with van der Waals surface area (Å²) in [7, 11) is 0. The van der Waals surface area contributed by atoms with E-state index in [1.54, 1.807) is 0 Å². The summed E-state index contributed by atoms with van der Waals surface area (Å²) >= 11 is 0. The van der Waals surface area contributed by atoms with Gasteiger partial charge < -0.3 is 9.15 Å². The van der Waals surface area contributed by atoms with Gasteiger partial charge in [0.1, 0.15) is 18.1 Å². The lowest BCUT2D eigenvalue weighted by atomic mass is 9.49. The molecule has 2 aromatic rings. The van der Waals surface area contributed by atoms with E-state index in [1.807, 2.05) is 37.3 Å². The Hall–Kier alpha value is -2.10. The van der Waals surface area contributed by atoms with Crippen molar-refractivity contribution in [3.63, 3.8) is 0 Å². The van der Waals surface area contributed by atoms with Gasteiger partial charge in [-0.3, -0.25) is 4.79 Å². The molecule has 4 nitrogen and oxygen atoms in total. The summed E-state index contributed by atoms with van der Waals surface area (Å²) < 4.78 is 11.4. The summed E-state index contributed by atoms with van der Waals surface area (Å²) in [5.41, 5.74) is 1.87. The van der Waals surface area contributed by atoms with Crippen LogP contribution in [0.15, 0.2) is 34.7 Å². The highest BCUT2D eigenvalue weighted by atomic mass is 16.5. The van der Waals surface area contributed by atoms with E-state index in [-0.39, 0.29) is 18.0 Å². The molecule has 4 saturated carbocycles. The summed E-state index contributed by atoms with van der Waals surface area (Å²) in [4.78, 5) is 17.1. The molecule has 4 fully saturated rings. The van der Waals surface area contributed by atoms with E-state index in [2.05, 4.69) is 4.98 Å². The highest BCUT2D eigenvalue weighted by molar-refractivity contribution is 5.70. The van der Waals surface area contributed by atoms with Crippen molar-refractivity contribution in [2.24, 2.45) is 23.2 Å². The van der Waals surface area contributed by atoms with Gasteiger partial charge in [0.05, 0.1) is 6.42 Å². The van der Waals surface area contributed by atoms with Crippen molar-refractivity contribution in [3.8, 4) is 11.5 Å². The minimum absolute atomic E-state index is 0.0689. The fraction of sp³-hybridized carbons (Fsp3) is 0.565. The zero-order valence-electron chi connectivity index (χ0n) is 15.9. The van der Waals surface area contributed by atoms with Gasteiger partial charge in [0.25, 0.3) is 0 Å². The number of oxazole rings is 1. The molecule has 0 unspecified atom stereocenters. The highest BCUT2D eigenvalue weighted by Gasteiger charge is 2.51. The van der Waals surface area contributed by atoms with Crippen molar-refractivity contribution in [1.82, 2.24) is 4.98 Å². The maximum absolute atomic E-state index is 12.6. The lowest BCUT2D eigenvalue weighted by Gasteiger charge is -2.56. The molecular formula is C23H27NO3. The second kappa shape index (κ2) is 6.50. The molecule has 1 heterocycles. The predicted molar refractivity (Wildman–Crippen MR) is 102 cm³/mol.